The van der Waals surface area contributed by atoms with Crippen LogP contribution in [0.15, 0.2) is 6.07 Å². The van der Waals surface area contributed by atoms with Gasteiger partial charge in [0.15, 0.2) is 0 Å². The number of carbonyl (C=O) groups is 1. The summed E-state index contributed by atoms with van der Waals surface area (Å²) in [6.07, 6.45) is 0.983. The highest BCUT2D eigenvalue weighted by Crippen LogP contribution is 2.22. The van der Waals surface area contributed by atoms with Gasteiger partial charge in [0.25, 0.3) is 5.91 Å². The van der Waals surface area contributed by atoms with Gasteiger partial charge in [0.05, 0.1) is 16.3 Å². The molecule has 1 aromatic rings. The van der Waals surface area contributed by atoms with E-state index in [1.165, 1.54) is 11.3 Å². The van der Waals surface area contributed by atoms with Crippen molar-refractivity contribution in [3.8, 4) is 11.8 Å². The molecule has 0 aliphatic heterocycles. The van der Waals surface area contributed by atoms with Crippen LogP contribution in [0.2, 0.25) is 0 Å². The number of nitrogens with zero attached hydrogens (tertiary/aromatic N) is 2. The van der Waals surface area contributed by atoms with Gasteiger partial charge in [-0.25, -0.2) is 0 Å². The van der Waals surface area contributed by atoms with Crippen LogP contribution in [-0.2, 0) is 0 Å². The Morgan fingerprint density at radius 2 is 2.10 bits per heavy atom. The summed E-state index contributed by atoms with van der Waals surface area (Å²) < 4.78 is 0. The van der Waals surface area contributed by atoms with Crippen LogP contribution in [0.4, 0.5) is 0 Å². The first-order valence-electron chi connectivity index (χ1n) is 7.23. The Kier molecular flexibility index (Phi) is 7.44. The fourth-order valence-corrected chi connectivity index (χ4v) is 2.99. The lowest BCUT2D eigenvalue weighted by atomic mass is 10.2. The number of rotatable bonds is 6. The van der Waals surface area contributed by atoms with Crippen LogP contribution in [0.5, 0.6) is 0 Å². The van der Waals surface area contributed by atoms with Crippen molar-refractivity contribution in [1.82, 2.24) is 9.80 Å². The summed E-state index contributed by atoms with van der Waals surface area (Å²) in [6, 6.07) is 1.93. The molecule has 0 bridgehead atoms. The molecule has 21 heavy (non-hydrogen) atoms. The molecule has 1 rings (SSSR count). The fourth-order valence-electron chi connectivity index (χ4n) is 1.98. The Balaban J connectivity index is 2.76. The Morgan fingerprint density at radius 3 is 2.67 bits per heavy atom. The minimum atomic E-state index is 0.102. The molecule has 5 heteroatoms. The highest BCUT2D eigenvalue weighted by molar-refractivity contribution is 7.14. The predicted octanol–water partition coefficient (Wildman–Crippen LogP) is 1.78. The fraction of sp³-hybridized carbons (Fsp3) is 0.562. The molecule has 1 amide bonds. The molecule has 0 radical (unpaired) electrons. The van der Waals surface area contributed by atoms with Gasteiger partial charge in [0.1, 0.15) is 0 Å². The number of nitrogens with two attached hydrogens (primary N) is 1. The van der Waals surface area contributed by atoms with Crippen molar-refractivity contribution in [2.45, 2.75) is 20.3 Å². The quantitative estimate of drug-likeness (QED) is 0.815. The Morgan fingerprint density at radius 1 is 1.38 bits per heavy atom. The molecule has 2 N–H and O–H groups in total. The highest BCUT2D eigenvalue weighted by atomic mass is 32.1. The van der Waals surface area contributed by atoms with Crippen LogP contribution in [0, 0.1) is 18.8 Å². The predicted molar refractivity (Wildman–Crippen MR) is 89.7 cm³/mol. The average molecular weight is 307 g/mol. The van der Waals surface area contributed by atoms with Gasteiger partial charge in [-0.2, -0.15) is 0 Å². The molecule has 116 valence electrons. The monoisotopic (exact) mass is 307 g/mol. The first-order valence-corrected chi connectivity index (χ1v) is 8.04. The van der Waals surface area contributed by atoms with Crippen molar-refractivity contribution in [3.05, 3.63) is 21.4 Å². The molecule has 0 aliphatic rings. The van der Waals surface area contributed by atoms with E-state index < -0.39 is 0 Å². The van der Waals surface area contributed by atoms with Gasteiger partial charge in [0, 0.05) is 13.1 Å². The Hall–Kier alpha value is -1.35. The van der Waals surface area contributed by atoms with Gasteiger partial charge >= 0.3 is 0 Å². The molecule has 0 aromatic carbocycles. The van der Waals surface area contributed by atoms with Crippen molar-refractivity contribution >= 4 is 17.2 Å². The largest absolute Gasteiger partial charge is 0.338 e. The first-order chi connectivity index (χ1) is 9.99. The van der Waals surface area contributed by atoms with Gasteiger partial charge in [0.2, 0.25) is 0 Å². The molecular formula is C16H25N3OS. The van der Waals surface area contributed by atoms with Crippen molar-refractivity contribution in [3.63, 3.8) is 0 Å². The molecule has 0 spiro atoms. The van der Waals surface area contributed by atoms with Crippen molar-refractivity contribution in [2.24, 2.45) is 5.73 Å². The summed E-state index contributed by atoms with van der Waals surface area (Å²) in [4.78, 5) is 18.3. The van der Waals surface area contributed by atoms with Crippen molar-refractivity contribution < 1.29 is 4.79 Å². The van der Waals surface area contributed by atoms with Crippen LogP contribution in [0.1, 0.15) is 33.5 Å². The first kappa shape index (κ1) is 17.7. The standard InChI is InChI=1S/C16H25N3OS/c1-5-19(11-7-10-18(3)4)16(20)15-12-13(2)14(21-15)8-6-9-17/h12H,5,7,9-11,17H2,1-4H3. The molecule has 0 unspecified atom stereocenters. The van der Waals surface area contributed by atoms with Crippen molar-refractivity contribution in [2.75, 3.05) is 40.3 Å². The highest BCUT2D eigenvalue weighted by Gasteiger charge is 2.17. The molecule has 0 saturated carbocycles. The third-order valence-corrected chi connectivity index (χ3v) is 4.28. The van der Waals surface area contributed by atoms with Crippen LogP contribution >= 0.6 is 11.3 Å². The molecule has 1 aromatic heterocycles. The maximum absolute atomic E-state index is 12.5. The Labute approximate surface area is 131 Å². The molecule has 4 nitrogen and oxygen atoms in total. The van der Waals surface area contributed by atoms with E-state index in [0.717, 1.165) is 41.4 Å². The van der Waals surface area contributed by atoms with E-state index in [9.17, 15) is 4.79 Å². The number of thiophene rings is 1. The second-order valence-electron chi connectivity index (χ2n) is 5.17. The average Bonchev–Trinajstić information content (AvgIpc) is 2.81. The lowest BCUT2D eigenvalue weighted by Gasteiger charge is -2.21. The van der Waals surface area contributed by atoms with E-state index in [0.29, 0.717) is 6.54 Å². The van der Waals surface area contributed by atoms with E-state index >= 15 is 0 Å². The summed E-state index contributed by atoms with van der Waals surface area (Å²) in [5.41, 5.74) is 6.44. The minimum Gasteiger partial charge on any atom is -0.338 e. The summed E-state index contributed by atoms with van der Waals surface area (Å²) in [5.74, 6) is 5.98. The third kappa shape index (κ3) is 5.50. The maximum atomic E-state index is 12.5. The summed E-state index contributed by atoms with van der Waals surface area (Å²) >= 11 is 1.46. The van der Waals surface area contributed by atoms with Crippen molar-refractivity contribution in [1.29, 1.82) is 0 Å². The van der Waals surface area contributed by atoms with Gasteiger partial charge < -0.3 is 15.5 Å². The number of carbonyl (C=O) groups excluding carboxylic acids is 1. The number of hydrogen-bond donors (Lipinski definition) is 1. The SMILES string of the molecule is CCN(CCCN(C)C)C(=O)c1cc(C)c(C#CCN)s1. The second kappa shape index (κ2) is 8.83. The van der Waals surface area contributed by atoms with E-state index in [1.807, 2.05) is 38.9 Å². The van der Waals surface area contributed by atoms with E-state index in [2.05, 4.69) is 16.7 Å². The van der Waals surface area contributed by atoms with Gasteiger partial charge in [-0.1, -0.05) is 11.8 Å². The molecule has 0 aliphatic carbocycles. The minimum absolute atomic E-state index is 0.102. The second-order valence-corrected chi connectivity index (χ2v) is 6.22. The van der Waals surface area contributed by atoms with E-state index in [-0.39, 0.29) is 5.91 Å². The lowest BCUT2D eigenvalue weighted by Crippen LogP contribution is -2.32. The molecule has 0 fully saturated rings. The van der Waals surface area contributed by atoms with E-state index in [1.54, 1.807) is 0 Å². The van der Waals surface area contributed by atoms with Crippen LogP contribution < -0.4 is 5.73 Å². The normalized spacial score (nSPS) is 10.4. The molecule has 0 atom stereocenters. The zero-order valence-corrected chi connectivity index (χ0v) is 14.2. The molecule has 1 heterocycles. The van der Waals surface area contributed by atoms with E-state index in [4.69, 9.17) is 5.73 Å². The zero-order chi connectivity index (χ0) is 15.8. The summed E-state index contributed by atoms with van der Waals surface area (Å²) in [5, 5.41) is 0. The summed E-state index contributed by atoms with van der Waals surface area (Å²) in [6.45, 7) is 6.84. The number of hydrogen-bond acceptors (Lipinski definition) is 4. The van der Waals surface area contributed by atoms with Gasteiger partial charge in [-0.15, -0.1) is 11.3 Å². The lowest BCUT2D eigenvalue weighted by molar-refractivity contribution is 0.0764. The topological polar surface area (TPSA) is 49.6 Å². The Bertz CT molecular complexity index is 525. The van der Waals surface area contributed by atoms with Crippen LogP contribution in [0.25, 0.3) is 0 Å². The molecular weight excluding hydrogens is 282 g/mol. The van der Waals surface area contributed by atoms with Crippen LogP contribution in [0.3, 0.4) is 0 Å². The zero-order valence-electron chi connectivity index (χ0n) is 13.4. The number of aryl methyl sites for hydroxylation is 1. The number of amides is 1. The molecule has 0 saturated heterocycles. The van der Waals surface area contributed by atoms with Crippen LogP contribution in [-0.4, -0.2) is 56.0 Å². The maximum Gasteiger partial charge on any atom is 0.263 e. The summed E-state index contributed by atoms with van der Waals surface area (Å²) in [7, 11) is 4.09. The third-order valence-electron chi connectivity index (χ3n) is 3.13. The van der Waals surface area contributed by atoms with Gasteiger partial charge in [-0.05, 0) is 52.5 Å². The smallest absolute Gasteiger partial charge is 0.263 e. The van der Waals surface area contributed by atoms with Gasteiger partial charge in [-0.3, -0.25) is 4.79 Å².